The summed E-state index contributed by atoms with van der Waals surface area (Å²) in [4.78, 5) is 2.61. The highest BCUT2D eigenvalue weighted by molar-refractivity contribution is 5.37. The fraction of sp³-hybridized carbons (Fsp3) is 0.625. The van der Waals surface area contributed by atoms with Crippen LogP contribution in [0, 0.1) is 5.92 Å². The molecule has 2 saturated carbocycles. The normalized spacial score (nSPS) is 18.9. The number of aliphatic hydroxyl groups excluding tert-OH is 1. The van der Waals surface area contributed by atoms with Crippen LogP contribution in [0.25, 0.3) is 0 Å². The zero-order chi connectivity index (χ0) is 13.2. The van der Waals surface area contributed by atoms with E-state index in [4.69, 9.17) is 4.74 Å². The molecule has 3 rings (SSSR count). The van der Waals surface area contributed by atoms with Gasteiger partial charge in [0.1, 0.15) is 5.75 Å². The second-order valence-corrected chi connectivity index (χ2v) is 5.91. The van der Waals surface area contributed by atoms with Gasteiger partial charge >= 0.3 is 0 Å². The molecule has 0 unspecified atom stereocenters. The van der Waals surface area contributed by atoms with Crippen molar-refractivity contribution in [3.63, 3.8) is 0 Å². The molecule has 2 aliphatic carbocycles. The van der Waals surface area contributed by atoms with E-state index in [2.05, 4.69) is 11.0 Å². The summed E-state index contributed by atoms with van der Waals surface area (Å²) in [6.07, 6.45) is 5.48. The first-order valence-electron chi connectivity index (χ1n) is 7.31. The van der Waals surface area contributed by atoms with E-state index in [-0.39, 0.29) is 6.61 Å². The summed E-state index contributed by atoms with van der Waals surface area (Å²) >= 11 is 0. The first-order chi connectivity index (χ1) is 9.30. The van der Waals surface area contributed by atoms with Gasteiger partial charge in [-0.3, -0.25) is 4.90 Å². The fourth-order valence-electron chi connectivity index (χ4n) is 2.69. The molecule has 3 nitrogen and oxygen atoms in total. The summed E-state index contributed by atoms with van der Waals surface area (Å²) in [6.45, 7) is 2.29. The van der Waals surface area contributed by atoms with Crippen LogP contribution >= 0.6 is 0 Å². The Labute approximate surface area is 115 Å². The largest absolute Gasteiger partial charge is 0.496 e. The van der Waals surface area contributed by atoms with Gasteiger partial charge < -0.3 is 9.84 Å². The lowest BCUT2D eigenvalue weighted by atomic mass is 10.1. The number of aliphatic hydroxyl groups is 1. The maximum Gasteiger partial charge on any atom is 0.123 e. The van der Waals surface area contributed by atoms with E-state index < -0.39 is 0 Å². The maximum atomic E-state index is 9.28. The van der Waals surface area contributed by atoms with E-state index in [9.17, 15) is 5.11 Å². The first kappa shape index (κ1) is 12.9. The molecular formula is C16H23NO2. The summed E-state index contributed by atoms with van der Waals surface area (Å²) in [7, 11) is 1.72. The van der Waals surface area contributed by atoms with Crippen LogP contribution in [0.4, 0.5) is 0 Å². The van der Waals surface area contributed by atoms with Gasteiger partial charge in [0, 0.05) is 24.7 Å². The van der Waals surface area contributed by atoms with Gasteiger partial charge in [-0.25, -0.2) is 0 Å². The molecule has 0 heterocycles. The molecule has 0 bridgehead atoms. The Morgan fingerprint density at radius 3 is 2.63 bits per heavy atom. The molecule has 0 aliphatic heterocycles. The van der Waals surface area contributed by atoms with Gasteiger partial charge in [0.15, 0.2) is 0 Å². The third kappa shape index (κ3) is 3.28. The molecule has 1 aromatic rings. The van der Waals surface area contributed by atoms with Crippen LogP contribution in [0.1, 0.15) is 36.8 Å². The topological polar surface area (TPSA) is 32.7 Å². The fourth-order valence-corrected chi connectivity index (χ4v) is 2.69. The predicted molar refractivity (Wildman–Crippen MR) is 75.1 cm³/mol. The highest BCUT2D eigenvalue weighted by Crippen LogP contribution is 2.36. The molecule has 0 aromatic heterocycles. The van der Waals surface area contributed by atoms with Crippen LogP contribution in [0.3, 0.4) is 0 Å². The molecule has 0 saturated heterocycles. The van der Waals surface area contributed by atoms with Crippen molar-refractivity contribution in [2.75, 3.05) is 13.7 Å². The van der Waals surface area contributed by atoms with Gasteiger partial charge in [0.05, 0.1) is 13.7 Å². The quantitative estimate of drug-likeness (QED) is 0.819. The standard InChI is InChI=1S/C16H23NO2/c1-19-16-7-4-13(11-18)8-14(16)10-17(15-5-6-15)9-12-2-3-12/h4,7-8,12,15,18H,2-3,5-6,9-11H2,1H3. The molecular weight excluding hydrogens is 238 g/mol. The lowest BCUT2D eigenvalue weighted by Gasteiger charge is -2.23. The number of rotatable bonds is 7. The Morgan fingerprint density at radius 2 is 2.05 bits per heavy atom. The van der Waals surface area contributed by atoms with Crippen molar-refractivity contribution in [3.05, 3.63) is 29.3 Å². The Morgan fingerprint density at radius 1 is 1.26 bits per heavy atom. The van der Waals surface area contributed by atoms with Crippen molar-refractivity contribution in [1.29, 1.82) is 0 Å². The lowest BCUT2D eigenvalue weighted by molar-refractivity contribution is 0.239. The van der Waals surface area contributed by atoms with Crippen molar-refractivity contribution in [3.8, 4) is 5.75 Å². The number of benzene rings is 1. The third-order valence-corrected chi connectivity index (χ3v) is 4.15. The van der Waals surface area contributed by atoms with Crippen molar-refractivity contribution in [2.45, 2.75) is 44.9 Å². The van der Waals surface area contributed by atoms with Crippen LogP contribution in [-0.4, -0.2) is 29.7 Å². The average molecular weight is 261 g/mol. The molecule has 2 aliphatic rings. The summed E-state index contributed by atoms with van der Waals surface area (Å²) in [5, 5.41) is 9.28. The zero-order valence-electron chi connectivity index (χ0n) is 11.6. The minimum Gasteiger partial charge on any atom is -0.496 e. The second kappa shape index (κ2) is 5.51. The van der Waals surface area contributed by atoms with Gasteiger partial charge in [0.25, 0.3) is 0 Å². The van der Waals surface area contributed by atoms with E-state index in [1.807, 2.05) is 12.1 Å². The molecule has 0 radical (unpaired) electrons. The molecule has 104 valence electrons. The lowest BCUT2D eigenvalue weighted by Crippen LogP contribution is -2.28. The SMILES string of the molecule is COc1ccc(CO)cc1CN(CC1CC1)C1CC1. The summed E-state index contributed by atoms with van der Waals surface area (Å²) in [6, 6.07) is 6.78. The highest BCUT2D eigenvalue weighted by atomic mass is 16.5. The number of methoxy groups -OCH3 is 1. The Kier molecular flexibility index (Phi) is 3.76. The van der Waals surface area contributed by atoms with E-state index in [0.717, 1.165) is 29.8 Å². The van der Waals surface area contributed by atoms with Crippen molar-refractivity contribution < 1.29 is 9.84 Å². The molecule has 2 fully saturated rings. The van der Waals surface area contributed by atoms with Gasteiger partial charge in [-0.05, 0) is 49.3 Å². The Balaban J connectivity index is 1.74. The molecule has 19 heavy (non-hydrogen) atoms. The third-order valence-electron chi connectivity index (χ3n) is 4.15. The molecule has 3 heteroatoms. The Bertz CT molecular complexity index is 438. The van der Waals surface area contributed by atoms with Gasteiger partial charge in [-0.15, -0.1) is 0 Å². The van der Waals surface area contributed by atoms with Crippen LogP contribution in [0.2, 0.25) is 0 Å². The number of hydrogen-bond acceptors (Lipinski definition) is 3. The van der Waals surface area contributed by atoms with Crippen molar-refractivity contribution in [1.82, 2.24) is 4.90 Å². The van der Waals surface area contributed by atoms with E-state index in [1.165, 1.54) is 37.8 Å². The van der Waals surface area contributed by atoms with Gasteiger partial charge in [0.2, 0.25) is 0 Å². The summed E-state index contributed by atoms with van der Waals surface area (Å²) < 4.78 is 5.46. The zero-order valence-corrected chi connectivity index (χ0v) is 11.6. The smallest absolute Gasteiger partial charge is 0.123 e. The number of ether oxygens (including phenoxy) is 1. The van der Waals surface area contributed by atoms with Gasteiger partial charge in [-0.1, -0.05) is 6.07 Å². The van der Waals surface area contributed by atoms with Crippen LogP contribution in [-0.2, 0) is 13.2 Å². The summed E-state index contributed by atoms with van der Waals surface area (Å²) in [5.41, 5.74) is 2.18. The van der Waals surface area contributed by atoms with Crippen molar-refractivity contribution in [2.24, 2.45) is 5.92 Å². The minimum atomic E-state index is 0.100. The predicted octanol–water partition coefficient (Wildman–Crippen LogP) is 2.56. The number of nitrogens with zero attached hydrogens (tertiary/aromatic N) is 1. The average Bonchev–Trinajstić information content (AvgIpc) is 3.29. The minimum absolute atomic E-state index is 0.100. The number of hydrogen-bond donors (Lipinski definition) is 1. The maximum absolute atomic E-state index is 9.28. The molecule has 1 N–H and O–H groups in total. The molecule has 0 atom stereocenters. The highest BCUT2D eigenvalue weighted by Gasteiger charge is 2.33. The van der Waals surface area contributed by atoms with Crippen molar-refractivity contribution >= 4 is 0 Å². The Hall–Kier alpha value is -1.06. The molecule has 0 amide bonds. The van der Waals surface area contributed by atoms with E-state index in [1.54, 1.807) is 7.11 Å². The van der Waals surface area contributed by atoms with Crippen LogP contribution in [0.5, 0.6) is 5.75 Å². The van der Waals surface area contributed by atoms with Gasteiger partial charge in [-0.2, -0.15) is 0 Å². The monoisotopic (exact) mass is 261 g/mol. The molecule has 0 spiro atoms. The van der Waals surface area contributed by atoms with Crippen LogP contribution < -0.4 is 4.74 Å². The molecule has 1 aromatic carbocycles. The van der Waals surface area contributed by atoms with E-state index >= 15 is 0 Å². The summed E-state index contributed by atoms with van der Waals surface area (Å²) in [5.74, 6) is 1.87. The van der Waals surface area contributed by atoms with E-state index in [0.29, 0.717) is 0 Å². The second-order valence-electron chi connectivity index (χ2n) is 5.91. The van der Waals surface area contributed by atoms with Crippen LogP contribution in [0.15, 0.2) is 18.2 Å². The first-order valence-corrected chi connectivity index (χ1v) is 7.31.